The molecule has 2 heterocycles. The zero-order valence-electron chi connectivity index (χ0n) is 20.8. The molecule has 2 aliphatic rings. The molecule has 2 aliphatic heterocycles. The maximum Gasteiger partial charge on any atom is 0.143 e. The molecule has 0 aromatic heterocycles. The molecule has 1 fully saturated rings. The molecule has 0 saturated carbocycles. The Bertz CT molecular complexity index is 1370. The van der Waals surface area contributed by atoms with Gasteiger partial charge in [0.15, 0.2) is 0 Å². The lowest BCUT2D eigenvalue weighted by Gasteiger charge is -2.31. The van der Waals surface area contributed by atoms with E-state index >= 15 is 0 Å². The molecule has 36 heavy (non-hydrogen) atoms. The van der Waals surface area contributed by atoms with Crippen molar-refractivity contribution in [2.24, 2.45) is 0 Å². The first-order valence-corrected chi connectivity index (χ1v) is 12.4. The van der Waals surface area contributed by atoms with Crippen molar-refractivity contribution in [2.45, 2.75) is 13.8 Å². The van der Waals surface area contributed by atoms with Gasteiger partial charge < -0.3 is 9.80 Å². The van der Waals surface area contributed by atoms with Crippen LogP contribution in [0, 0.1) is 13.8 Å². The quantitative estimate of drug-likeness (QED) is 0.311. The molecule has 1 saturated heterocycles. The summed E-state index contributed by atoms with van der Waals surface area (Å²) < 4.78 is 0. The molecule has 0 aliphatic carbocycles. The van der Waals surface area contributed by atoms with E-state index in [0.717, 1.165) is 13.2 Å². The molecule has 0 radical (unpaired) electrons. The van der Waals surface area contributed by atoms with Crippen LogP contribution in [0.25, 0.3) is 0 Å². The summed E-state index contributed by atoms with van der Waals surface area (Å²) in [7, 11) is 0. The molecule has 0 unspecified atom stereocenters. The maximum atomic E-state index is 2.45. The van der Waals surface area contributed by atoms with Crippen molar-refractivity contribution in [2.75, 3.05) is 32.8 Å². The lowest BCUT2D eigenvalue weighted by atomic mass is 10.1. The number of nitrogens with zero attached hydrogens (tertiary/aromatic N) is 4. The van der Waals surface area contributed by atoms with E-state index in [0.29, 0.717) is 0 Å². The molecule has 4 aromatic rings. The van der Waals surface area contributed by atoms with Crippen molar-refractivity contribution < 1.29 is 0 Å². The number of benzene rings is 4. The Balaban J connectivity index is 1.56. The van der Waals surface area contributed by atoms with Gasteiger partial charge in [0.2, 0.25) is 0 Å². The second-order valence-electron chi connectivity index (χ2n) is 9.32. The number of anilines is 4. The van der Waals surface area contributed by atoms with Crippen LogP contribution >= 0.6 is 0 Å². The van der Waals surface area contributed by atoms with Crippen LogP contribution in [0.2, 0.25) is 0 Å². The minimum absolute atomic E-state index is 0.788. The zero-order chi connectivity index (χ0) is 24.5. The normalized spacial score (nSPS) is 15.4. The van der Waals surface area contributed by atoms with E-state index in [2.05, 4.69) is 155 Å². The minimum Gasteiger partial charge on any atom is -0.347 e. The molecule has 4 nitrogen and oxygen atoms in total. The van der Waals surface area contributed by atoms with Crippen molar-refractivity contribution >= 4 is 22.7 Å². The monoisotopic (exact) mass is 470 g/mol. The minimum atomic E-state index is 0.788. The van der Waals surface area contributed by atoms with Crippen LogP contribution in [0.5, 0.6) is 0 Å². The molecule has 0 amide bonds. The summed E-state index contributed by atoms with van der Waals surface area (Å²) >= 11 is 0. The standard InChI is InChI=1S/C32H30N4/c1-25-13-9-11-19-29(25)34-21-22-35(30-20-12-10-14-26(30)2)32(34)31-23-33(27-15-5-3-6-16-27)24-36(31)28-17-7-4-8-18-28/h3-22H,23-24H2,1-2H3. The first-order chi connectivity index (χ1) is 17.7. The first-order valence-electron chi connectivity index (χ1n) is 12.4. The predicted octanol–water partition coefficient (Wildman–Crippen LogP) is 7.25. The maximum absolute atomic E-state index is 2.45. The molecule has 6 rings (SSSR count). The molecular weight excluding hydrogens is 440 g/mol. The van der Waals surface area contributed by atoms with Gasteiger partial charge in [-0.2, -0.15) is 0 Å². The average Bonchev–Trinajstić information content (AvgIpc) is 3.55. The van der Waals surface area contributed by atoms with Gasteiger partial charge in [0.25, 0.3) is 0 Å². The predicted molar refractivity (Wildman–Crippen MR) is 151 cm³/mol. The lowest BCUT2D eigenvalue weighted by Crippen LogP contribution is -2.30. The molecule has 178 valence electrons. The third-order valence-electron chi connectivity index (χ3n) is 7.00. The molecule has 4 heteroatoms. The van der Waals surface area contributed by atoms with E-state index in [4.69, 9.17) is 0 Å². The van der Waals surface area contributed by atoms with Gasteiger partial charge in [-0.05, 0) is 61.4 Å². The Kier molecular flexibility index (Phi) is 5.70. The molecule has 0 spiro atoms. The summed E-state index contributed by atoms with van der Waals surface area (Å²) in [4.78, 5) is 9.59. The SMILES string of the molecule is Cc1ccccc1N1C=CN(c2ccccc2C)C1=C1CN(c2ccccc2)CN1c1ccccc1. The molecular formula is C32H30N4. The Labute approximate surface area is 213 Å². The van der Waals surface area contributed by atoms with Crippen LogP contribution in [-0.4, -0.2) is 13.2 Å². The summed E-state index contributed by atoms with van der Waals surface area (Å²) in [6.45, 7) is 5.96. The van der Waals surface area contributed by atoms with Gasteiger partial charge in [0.05, 0.1) is 18.9 Å². The lowest BCUT2D eigenvalue weighted by molar-refractivity contribution is 0.952. The summed E-state index contributed by atoms with van der Waals surface area (Å²) in [5.74, 6) is 1.17. The van der Waals surface area contributed by atoms with Crippen molar-refractivity contribution in [3.05, 3.63) is 144 Å². The smallest absolute Gasteiger partial charge is 0.143 e. The Morgan fingerprint density at radius 1 is 0.528 bits per heavy atom. The van der Waals surface area contributed by atoms with E-state index in [-0.39, 0.29) is 0 Å². The average molecular weight is 471 g/mol. The fraction of sp³-hybridized carbons (Fsp3) is 0.125. The second kappa shape index (κ2) is 9.31. The fourth-order valence-electron chi connectivity index (χ4n) is 5.15. The molecule has 0 bridgehead atoms. The third kappa shape index (κ3) is 3.91. The van der Waals surface area contributed by atoms with Crippen molar-refractivity contribution in [1.82, 2.24) is 0 Å². The fourth-order valence-corrected chi connectivity index (χ4v) is 5.15. The van der Waals surface area contributed by atoms with Crippen molar-refractivity contribution in [1.29, 1.82) is 0 Å². The Morgan fingerprint density at radius 3 is 1.53 bits per heavy atom. The second-order valence-corrected chi connectivity index (χ2v) is 9.32. The van der Waals surface area contributed by atoms with Crippen LogP contribution < -0.4 is 19.6 Å². The summed E-state index contributed by atoms with van der Waals surface area (Å²) in [5, 5.41) is 0. The highest BCUT2D eigenvalue weighted by Gasteiger charge is 2.35. The Hall–Kier alpha value is -4.44. The van der Waals surface area contributed by atoms with Crippen LogP contribution in [-0.2, 0) is 0 Å². The highest BCUT2D eigenvalue weighted by molar-refractivity contribution is 5.75. The molecule has 4 aromatic carbocycles. The van der Waals surface area contributed by atoms with Gasteiger partial charge in [-0.3, -0.25) is 9.80 Å². The number of para-hydroxylation sites is 4. The van der Waals surface area contributed by atoms with E-state index < -0.39 is 0 Å². The van der Waals surface area contributed by atoms with E-state index in [1.54, 1.807) is 0 Å². The summed E-state index contributed by atoms with van der Waals surface area (Å²) in [6.07, 6.45) is 4.40. The number of aryl methyl sites for hydroxylation is 2. The van der Waals surface area contributed by atoms with Crippen molar-refractivity contribution in [3.8, 4) is 0 Å². The first kappa shape index (κ1) is 22.1. The highest BCUT2D eigenvalue weighted by Crippen LogP contribution is 2.40. The van der Waals surface area contributed by atoms with E-state index in [1.165, 1.54) is 45.4 Å². The van der Waals surface area contributed by atoms with Gasteiger partial charge in [-0.25, -0.2) is 0 Å². The van der Waals surface area contributed by atoms with Crippen molar-refractivity contribution in [3.63, 3.8) is 0 Å². The Morgan fingerprint density at radius 2 is 1.00 bits per heavy atom. The van der Waals surface area contributed by atoms with Gasteiger partial charge in [-0.15, -0.1) is 0 Å². The molecule has 0 N–H and O–H groups in total. The number of hydrogen-bond acceptors (Lipinski definition) is 4. The van der Waals surface area contributed by atoms with Crippen LogP contribution in [0.15, 0.2) is 133 Å². The van der Waals surface area contributed by atoms with Gasteiger partial charge in [-0.1, -0.05) is 72.8 Å². The number of rotatable bonds is 4. The third-order valence-corrected chi connectivity index (χ3v) is 7.00. The summed E-state index contributed by atoms with van der Waals surface area (Å²) in [5.41, 5.74) is 8.57. The highest BCUT2D eigenvalue weighted by atomic mass is 15.4. The zero-order valence-corrected chi connectivity index (χ0v) is 20.8. The number of hydrogen-bond donors (Lipinski definition) is 0. The van der Waals surface area contributed by atoms with Gasteiger partial charge in [0, 0.05) is 35.1 Å². The van der Waals surface area contributed by atoms with Crippen LogP contribution in [0.4, 0.5) is 22.7 Å². The van der Waals surface area contributed by atoms with Crippen LogP contribution in [0.3, 0.4) is 0 Å². The largest absolute Gasteiger partial charge is 0.347 e. The molecule has 0 atom stereocenters. The van der Waals surface area contributed by atoms with E-state index in [9.17, 15) is 0 Å². The van der Waals surface area contributed by atoms with Gasteiger partial charge in [0.1, 0.15) is 5.82 Å². The summed E-state index contributed by atoms with van der Waals surface area (Å²) in [6, 6.07) is 38.7. The topological polar surface area (TPSA) is 13.0 Å². The van der Waals surface area contributed by atoms with Crippen LogP contribution in [0.1, 0.15) is 11.1 Å². The van der Waals surface area contributed by atoms with E-state index in [1.807, 2.05) is 0 Å². The van der Waals surface area contributed by atoms with Gasteiger partial charge >= 0.3 is 0 Å².